The third kappa shape index (κ3) is 4.85. The Hall–Kier alpha value is -3.63. The number of non-ortho nitro benzene ring substituents is 1. The number of rotatable bonds is 7. The molecule has 0 aromatic heterocycles. The lowest BCUT2D eigenvalue weighted by atomic mass is 10.1. The van der Waals surface area contributed by atoms with Crippen LogP contribution in [0.3, 0.4) is 0 Å². The van der Waals surface area contributed by atoms with Crippen LogP contribution < -0.4 is 5.43 Å². The van der Waals surface area contributed by atoms with E-state index in [2.05, 4.69) is 10.5 Å². The van der Waals surface area contributed by atoms with Gasteiger partial charge in [-0.2, -0.15) is 9.41 Å². The number of hydrogen-bond acceptors (Lipinski definition) is 6. The molecule has 0 aliphatic rings. The molecule has 154 valence electrons. The zero-order valence-electron chi connectivity index (χ0n) is 15.9. The van der Waals surface area contributed by atoms with Gasteiger partial charge in [0.25, 0.3) is 11.6 Å². The van der Waals surface area contributed by atoms with E-state index in [1.807, 2.05) is 24.3 Å². The minimum atomic E-state index is -3.86. The summed E-state index contributed by atoms with van der Waals surface area (Å²) in [7, 11) is -2.55. The van der Waals surface area contributed by atoms with Crippen LogP contribution in [-0.2, 0) is 14.8 Å². The highest BCUT2D eigenvalue weighted by Gasteiger charge is 2.23. The van der Waals surface area contributed by atoms with Gasteiger partial charge in [0.15, 0.2) is 0 Å². The van der Waals surface area contributed by atoms with Crippen molar-refractivity contribution in [3.05, 3.63) is 82.4 Å². The molecular weight excluding hydrogens is 408 g/mol. The third-order valence-electron chi connectivity index (χ3n) is 4.30. The second kappa shape index (κ2) is 8.80. The summed E-state index contributed by atoms with van der Waals surface area (Å²) in [6, 6.07) is 17.7. The second-order valence-electron chi connectivity index (χ2n) is 6.41. The third-order valence-corrected chi connectivity index (χ3v) is 6.10. The maximum absolute atomic E-state index is 12.7. The van der Waals surface area contributed by atoms with Crippen molar-refractivity contribution in [3.8, 4) is 0 Å². The molecule has 0 spiro atoms. The number of hydrazone groups is 1. The minimum absolute atomic E-state index is 0.0586. The van der Waals surface area contributed by atoms with E-state index in [1.54, 1.807) is 12.1 Å². The van der Waals surface area contributed by atoms with E-state index in [-0.39, 0.29) is 10.6 Å². The number of fused-ring (bicyclic) bond motifs is 1. The lowest BCUT2D eigenvalue weighted by Crippen LogP contribution is -2.36. The van der Waals surface area contributed by atoms with Crippen molar-refractivity contribution in [2.24, 2.45) is 5.10 Å². The molecule has 0 atom stereocenters. The number of benzene rings is 3. The van der Waals surface area contributed by atoms with Crippen LogP contribution >= 0.6 is 0 Å². The summed E-state index contributed by atoms with van der Waals surface area (Å²) < 4.78 is 26.4. The van der Waals surface area contributed by atoms with Crippen LogP contribution in [-0.4, -0.2) is 43.4 Å². The second-order valence-corrected chi connectivity index (χ2v) is 8.46. The quantitative estimate of drug-likeness (QED) is 0.353. The fraction of sp³-hybridized carbons (Fsp3) is 0.100. The average Bonchev–Trinajstić information content (AvgIpc) is 2.73. The van der Waals surface area contributed by atoms with Crippen molar-refractivity contribution in [2.75, 3.05) is 13.6 Å². The van der Waals surface area contributed by atoms with Crippen molar-refractivity contribution in [2.45, 2.75) is 4.90 Å². The first kappa shape index (κ1) is 21.1. The molecule has 1 amide bonds. The van der Waals surface area contributed by atoms with Gasteiger partial charge in [-0.15, -0.1) is 0 Å². The van der Waals surface area contributed by atoms with Gasteiger partial charge < -0.3 is 0 Å². The Morgan fingerprint density at radius 3 is 2.43 bits per heavy atom. The highest BCUT2D eigenvalue weighted by molar-refractivity contribution is 7.89. The average molecular weight is 426 g/mol. The molecule has 0 saturated heterocycles. The monoisotopic (exact) mass is 426 g/mol. The minimum Gasteiger partial charge on any atom is -0.272 e. The number of nitrogens with one attached hydrogen (secondary N) is 1. The summed E-state index contributed by atoms with van der Waals surface area (Å²) in [6.45, 7) is -0.424. The maximum Gasteiger partial charge on any atom is 0.269 e. The fourth-order valence-corrected chi connectivity index (χ4v) is 3.85. The van der Waals surface area contributed by atoms with Gasteiger partial charge in [0.05, 0.1) is 22.6 Å². The summed E-state index contributed by atoms with van der Waals surface area (Å²) >= 11 is 0. The molecule has 0 aliphatic heterocycles. The predicted molar refractivity (Wildman–Crippen MR) is 113 cm³/mol. The van der Waals surface area contributed by atoms with Crippen LogP contribution in [0, 0.1) is 10.1 Å². The predicted octanol–water partition coefficient (Wildman–Crippen LogP) is 2.52. The number of likely N-dealkylation sites (N-methyl/N-ethyl adjacent to an activating group) is 1. The van der Waals surface area contributed by atoms with Gasteiger partial charge in [0.1, 0.15) is 0 Å². The SMILES string of the molecule is CN(CC(=O)N/N=C\c1ccc([N+](=O)[O-])cc1)S(=O)(=O)c1ccc2ccccc2c1. The molecule has 10 heteroatoms. The Bertz CT molecular complexity index is 1220. The zero-order chi connectivity index (χ0) is 21.7. The molecule has 0 aliphatic carbocycles. The van der Waals surface area contributed by atoms with Crippen LogP contribution in [0.2, 0.25) is 0 Å². The van der Waals surface area contributed by atoms with Crippen molar-refractivity contribution in [1.82, 2.24) is 9.73 Å². The fourth-order valence-electron chi connectivity index (χ4n) is 2.69. The van der Waals surface area contributed by atoms with Crippen molar-refractivity contribution in [3.63, 3.8) is 0 Å². The molecule has 0 bridgehead atoms. The molecule has 0 fully saturated rings. The van der Waals surface area contributed by atoms with E-state index in [9.17, 15) is 23.3 Å². The van der Waals surface area contributed by atoms with Gasteiger partial charge >= 0.3 is 0 Å². The number of hydrogen-bond donors (Lipinski definition) is 1. The van der Waals surface area contributed by atoms with E-state index in [0.29, 0.717) is 5.56 Å². The van der Waals surface area contributed by atoms with E-state index >= 15 is 0 Å². The van der Waals surface area contributed by atoms with E-state index in [0.717, 1.165) is 15.1 Å². The summed E-state index contributed by atoms with van der Waals surface area (Å²) in [5.41, 5.74) is 2.72. The molecule has 30 heavy (non-hydrogen) atoms. The van der Waals surface area contributed by atoms with E-state index in [1.165, 1.54) is 43.6 Å². The molecule has 3 aromatic carbocycles. The standard InChI is InChI=1S/C20H18N4O5S/c1-23(30(28,29)19-11-8-16-4-2-3-5-17(16)12-19)14-20(25)22-21-13-15-6-9-18(10-7-15)24(26)27/h2-13H,14H2,1H3,(H,22,25)/b21-13-. The number of carbonyl (C=O) groups excluding carboxylic acids is 1. The van der Waals surface area contributed by atoms with Crippen molar-refractivity contribution in [1.29, 1.82) is 0 Å². The van der Waals surface area contributed by atoms with Gasteiger partial charge in [-0.25, -0.2) is 13.8 Å². The van der Waals surface area contributed by atoms with Gasteiger partial charge in [0, 0.05) is 19.2 Å². The maximum atomic E-state index is 12.7. The van der Waals surface area contributed by atoms with Crippen LogP contribution in [0.4, 0.5) is 5.69 Å². The van der Waals surface area contributed by atoms with Gasteiger partial charge in [-0.3, -0.25) is 14.9 Å². The van der Waals surface area contributed by atoms with Crippen LogP contribution in [0.25, 0.3) is 10.8 Å². The summed E-state index contributed by atoms with van der Waals surface area (Å²) in [4.78, 5) is 22.3. The number of nitro benzene ring substituents is 1. The Morgan fingerprint density at radius 2 is 1.77 bits per heavy atom. The summed E-state index contributed by atoms with van der Waals surface area (Å²) in [5, 5.41) is 16.1. The lowest BCUT2D eigenvalue weighted by Gasteiger charge is -2.16. The number of nitro groups is 1. The highest BCUT2D eigenvalue weighted by Crippen LogP contribution is 2.21. The van der Waals surface area contributed by atoms with Crippen LogP contribution in [0.15, 0.2) is 76.7 Å². The van der Waals surface area contributed by atoms with Gasteiger partial charge in [-0.05, 0) is 40.6 Å². The molecule has 3 aromatic rings. The normalized spacial score (nSPS) is 11.8. The number of nitrogens with zero attached hydrogens (tertiary/aromatic N) is 3. The van der Waals surface area contributed by atoms with Crippen molar-refractivity contribution >= 4 is 38.6 Å². The van der Waals surface area contributed by atoms with Gasteiger partial charge in [-0.1, -0.05) is 30.3 Å². The number of sulfonamides is 1. The molecule has 3 rings (SSSR count). The lowest BCUT2D eigenvalue weighted by molar-refractivity contribution is -0.384. The number of carbonyl (C=O) groups is 1. The highest BCUT2D eigenvalue weighted by atomic mass is 32.2. The Kier molecular flexibility index (Phi) is 6.19. The first-order valence-corrected chi connectivity index (χ1v) is 10.2. The molecule has 0 heterocycles. The molecule has 9 nitrogen and oxygen atoms in total. The first-order valence-electron chi connectivity index (χ1n) is 8.79. The molecule has 0 radical (unpaired) electrons. The van der Waals surface area contributed by atoms with Crippen molar-refractivity contribution < 1.29 is 18.1 Å². The summed E-state index contributed by atoms with van der Waals surface area (Å²) in [5.74, 6) is -0.625. The number of amides is 1. The molecular formula is C20H18N4O5S. The van der Waals surface area contributed by atoms with E-state index in [4.69, 9.17) is 0 Å². The van der Waals surface area contributed by atoms with Gasteiger partial charge in [0.2, 0.25) is 10.0 Å². The summed E-state index contributed by atoms with van der Waals surface area (Å²) in [6.07, 6.45) is 1.31. The largest absolute Gasteiger partial charge is 0.272 e. The molecule has 1 N–H and O–H groups in total. The zero-order valence-corrected chi connectivity index (χ0v) is 16.7. The van der Waals surface area contributed by atoms with Crippen LogP contribution in [0.5, 0.6) is 0 Å². The Morgan fingerprint density at radius 1 is 1.10 bits per heavy atom. The Labute approximate surface area is 172 Å². The smallest absolute Gasteiger partial charge is 0.269 e. The van der Waals surface area contributed by atoms with E-state index < -0.39 is 27.4 Å². The van der Waals surface area contributed by atoms with Crippen LogP contribution in [0.1, 0.15) is 5.56 Å². The Balaban J connectivity index is 1.62. The molecule has 0 saturated carbocycles. The first-order chi connectivity index (χ1) is 14.3. The topological polar surface area (TPSA) is 122 Å². The molecule has 0 unspecified atom stereocenters.